The highest BCUT2D eigenvalue weighted by Crippen LogP contribution is 2.17. The third-order valence-corrected chi connectivity index (χ3v) is 3.51. The molecule has 0 fully saturated rings. The maximum absolute atomic E-state index is 12.3. The molecule has 0 bridgehead atoms. The summed E-state index contributed by atoms with van der Waals surface area (Å²) in [5, 5.41) is 2.88. The molecule has 24 heavy (non-hydrogen) atoms. The highest BCUT2D eigenvalue weighted by Gasteiger charge is 2.16. The molecule has 134 valence electrons. The van der Waals surface area contributed by atoms with Crippen LogP contribution >= 0.6 is 0 Å². The molecule has 1 amide bonds. The van der Waals surface area contributed by atoms with E-state index in [0.29, 0.717) is 25.0 Å². The molecule has 0 aliphatic rings. The van der Waals surface area contributed by atoms with Crippen LogP contribution in [0.2, 0.25) is 0 Å². The first-order valence-corrected chi connectivity index (χ1v) is 8.59. The number of ether oxygens (including phenoxy) is 1. The number of esters is 1. The molecule has 1 aromatic rings. The van der Waals surface area contributed by atoms with Crippen LogP contribution in [-0.2, 0) is 14.3 Å². The van der Waals surface area contributed by atoms with Gasteiger partial charge in [0.1, 0.15) is 0 Å². The largest absolute Gasteiger partial charge is 0.465 e. The summed E-state index contributed by atoms with van der Waals surface area (Å²) >= 11 is 0. The lowest BCUT2D eigenvalue weighted by molar-refractivity contribution is -0.144. The Morgan fingerprint density at radius 3 is 2.21 bits per heavy atom. The molecule has 0 heterocycles. The van der Waals surface area contributed by atoms with E-state index in [9.17, 15) is 9.59 Å². The number of benzene rings is 1. The second-order valence-corrected chi connectivity index (χ2v) is 6.69. The maximum atomic E-state index is 12.3. The Bertz CT molecular complexity index is 524. The SMILES string of the molecule is CCOC(=O)CN(CC(=O)Nc1ccc(C(C)C)cc1)CC(C)C. The fourth-order valence-corrected chi connectivity index (χ4v) is 2.45. The van der Waals surface area contributed by atoms with Crippen LogP contribution in [0.15, 0.2) is 24.3 Å². The van der Waals surface area contributed by atoms with Gasteiger partial charge in [-0.25, -0.2) is 0 Å². The van der Waals surface area contributed by atoms with E-state index in [1.54, 1.807) is 6.92 Å². The van der Waals surface area contributed by atoms with Crippen LogP contribution in [0.5, 0.6) is 0 Å². The van der Waals surface area contributed by atoms with Gasteiger partial charge in [-0.05, 0) is 36.5 Å². The summed E-state index contributed by atoms with van der Waals surface area (Å²) in [7, 11) is 0. The summed E-state index contributed by atoms with van der Waals surface area (Å²) in [5.41, 5.74) is 2.00. The number of hydrogen-bond donors (Lipinski definition) is 1. The lowest BCUT2D eigenvalue weighted by Gasteiger charge is -2.22. The predicted octanol–water partition coefficient (Wildman–Crippen LogP) is 3.27. The van der Waals surface area contributed by atoms with Crippen molar-refractivity contribution < 1.29 is 14.3 Å². The number of nitrogens with one attached hydrogen (secondary N) is 1. The van der Waals surface area contributed by atoms with Gasteiger partial charge in [-0.2, -0.15) is 0 Å². The summed E-state index contributed by atoms with van der Waals surface area (Å²) in [6, 6.07) is 7.85. The highest BCUT2D eigenvalue weighted by atomic mass is 16.5. The van der Waals surface area contributed by atoms with Crippen LogP contribution in [0, 0.1) is 5.92 Å². The van der Waals surface area contributed by atoms with E-state index in [4.69, 9.17) is 4.74 Å². The Morgan fingerprint density at radius 2 is 1.71 bits per heavy atom. The van der Waals surface area contributed by atoms with Crippen LogP contribution in [0.3, 0.4) is 0 Å². The first kappa shape index (κ1) is 20.2. The molecule has 5 heteroatoms. The lowest BCUT2D eigenvalue weighted by atomic mass is 10.0. The van der Waals surface area contributed by atoms with Crippen LogP contribution in [0.1, 0.15) is 46.1 Å². The Morgan fingerprint density at radius 1 is 1.08 bits per heavy atom. The average molecular weight is 334 g/mol. The Labute approximate surface area is 145 Å². The van der Waals surface area contributed by atoms with Gasteiger partial charge in [0.05, 0.1) is 19.7 Å². The van der Waals surface area contributed by atoms with E-state index in [1.165, 1.54) is 5.56 Å². The van der Waals surface area contributed by atoms with Crippen molar-refractivity contribution in [3.05, 3.63) is 29.8 Å². The minimum atomic E-state index is -0.299. The summed E-state index contributed by atoms with van der Waals surface area (Å²) in [6.45, 7) is 11.5. The highest BCUT2D eigenvalue weighted by molar-refractivity contribution is 5.92. The normalized spacial score (nSPS) is 11.2. The van der Waals surface area contributed by atoms with Gasteiger partial charge in [-0.15, -0.1) is 0 Å². The van der Waals surface area contributed by atoms with Gasteiger partial charge in [0.25, 0.3) is 0 Å². The van der Waals surface area contributed by atoms with Crippen LogP contribution in [0.25, 0.3) is 0 Å². The second kappa shape index (κ2) is 10.1. The third kappa shape index (κ3) is 7.59. The van der Waals surface area contributed by atoms with Gasteiger partial charge < -0.3 is 10.1 Å². The first-order valence-electron chi connectivity index (χ1n) is 8.59. The predicted molar refractivity (Wildman–Crippen MR) is 97.1 cm³/mol. The van der Waals surface area contributed by atoms with E-state index >= 15 is 0 Å². The van der Waals surface area contributed by atoms with Crippen molar-refractivity contribution in [1.82, 2.24) is 4.90 Å². The maximum Gasteiger partial charge on any atom is 0.320 e. The van der Waals surface area contributed by atoms with Gasteiger partial charge in [0.2, 0.25) is 5.91 Å². The summed E-state index contributed by atoms with van der Waals surface area (Å²) < 4.78 is 4.98. The smallest absolute Gasteiger partial charge is 0.320 e. The van der Waals surface area contributed by atoms with Gasteiger partial charge >= 0.3 is 5.97 Å². The van der Waals surface area contributed by atoms with E-state index in [-0.39, 0.29) is 25.0 Å². The number of amides is 1. The van der Waals surface area contributed by atoms with Crippen molar-refractivity contribution in [3.63, 3.8) is 0 Å². The van der Waals surface area contributed by atoms with E-state index in [2.05, 4.69) is 33.0 Å². The van der Waals surface area contributed by atoms with Gasteiger partial charge in [-0.1, -0.05) is 39.8 Å². The first-order chi connectivity index (χ1) is 11.3. The Kier molecular flexibility index (Phi) is 8.47. The zero-order valence-electron chi connectivity index (χ0n) is 15.5. The molecule has 0 atom stereocenters. The van der Waals surface area contributed by atoms with Gasteiger partial charge in [-0.3, -0.25) is 14.5 Å². The molecule has 0 saturated heterocycles. The Hall–Kier alpha value is -1.88. The van der Waals surface area contributed by atoms with Gasteiger partial charge in [0.15, 0.2) is 0 Å². The van der Waals surface area contributed by atoms with Crippen molar-refractivity contribution in [2.75, 3.05) is 31.6 Å². The molecule has 0 aliphatic heterocycles. The van der Waals surface area contributed by atoms with Crippen LogP contribution < -0.4 is 5.32 Å². The Balaban J connectivity index is 2.61. The molecule has 1 rings (SSSR count). The number of nitrogens with zero attached hydrogens (tertiary/aromatic N) is 1. The monoisotopic (exact) mass is 334 g/mol. The molecule has 0 spiro atoms. The molecule has 5 nitrogen and oxygen atoms in total. The number of carbonyl (C=O) groups is 2. The molecular formula is C19H30N2O3. The fourth-order valence-electron chi connectivity index (χ4n) is 2.45. The number of rotatable bonds is 9. The molecule has 0 radical (unpaired) electrons. The summed E-state index contributed by atoms with van der Waals surface area (Å²) in [4.78, 5) is 25.8. The molecule has 0 aromatic heterocycles. The van der Waals surface area contributed by atoms with E-state index in [0.717, 1.165) is 5.69 Å². The van der Waals surface area contributed by atoms with Crippen molar-refractivity contribution >= 4 is 17.6 Å². The number of hydrogen-bond acceptors (Lipinski definition) is 4. The van der Waals surface area contributed by atoms with Crippen LogP contribution in [0.4, 0.5) is 5.69 Å². The van der Waals surface area contributed by atoms with Crippen molar-refractivity contribution in [1.29, 1.82) is 0 Å². The molecular weight excluding hydrogens is 304 g/mol. The van der Waals surface area contributed by atoms with Crippen molar-refractivity contribution in [3.8, 4) is 0 Å². The van der Waals surface area contributed by atoms with Crippen molar-refractivity contribution in [2.45, 2.75) is 40.5 Å². The third-order valence-electron chi connectivity index (χ3n) is 3.51. The van der Waals surface area contributed by atoms with E-state index in [1.807, 2.05) is 29.2 Å². The zero-order valence-corrected chi connectivity index (χ0v) is 15.5. The summed E-state index contributed by atoms with van der Waals surface area (Å²) in [6.07, 6.45) is 0. The van der Waals surface area contributed by atoms with Crippen molar-refractivity contribution in [2.24, 2.45) is 5.92 Å². The second-order valence-electron chi connectivity index (χ2n) is 6.69. The quantitative estimate of drug-likeness (QED) is 0.704. The number of anilines is 1. The summed E-state index contributed by atoms with van der Waals surface area (Å²) in [5.74, 6) is 0.392. The lowest BCUT2D eigenvalue weighted by Crippen LogP contribution is -2.39. The molecule has 1 N–H and O–H groups in total. The number of carbonyl (C=O) groups excluding carboxylic acids is 2. The standard InChI is InChI=1S/C19H30N2O3/c1-6-24-19(23)13-21(11-14(2)3)12-18(22)20-17-9-7-16(8-10-17)15(4)5/h7-10,14-15H,6,11-13H2,1-5H3,(H,20,22). The fraction of sp³-hybridized carbons (Fsp3) is 0.579. The molecule has 0 aliphatic carbocycles. The molecule has 0 unspecified atom stereocenters. The molecule has 0 saturated carbocycles. The minimum absolute atomic E-state index is 0.128. The average Bonchev–Trinajstić information content (AvgIpc) is 2.46. The minimum Gasteiger partial charge on any atom is -0.465 e. The van der Waals surface area contributed by atoms with Crippen LogP contribution in [-0.4, -0.2) is 43.0 Å². The van der Waals surface area contributed by atoms with E-state index < -0.39 is 0 Å². The van der Waals surface area contributed by atoms with Gasteiger partial charge in [0, 0.05) is 12.2 Å². The topological polar surface area (TPSA) is 58.6 Å². The zero-order chi connectivity index (χ0) is 18.1. The molecule has 1 aromatic carbocycles.